The van der Waals surface area contributed by atoms with Crippen LogP contribution in [0.3, 0.4) is 0 Å². The fourth-order valence-corrected chi connectivity index (χ4v) is 2.92. The monoisotopic (exact) mass is 345 g/mol. The van der Waals surface area contributed by atoms with Crippen LogP contribution in [0.25, 0.3) is 0 Å². The van der Waals surface area contributed by atoms with Crippen molar-refractivity contribution < 1.29 is 13.9 Å². The van der Waals surface area contributed by atoms with Crippen LogP contribution < -0.4 is 5.32 Å². The molecule has 2 atom stereocenters. The van der Waals surface area contributed by atoms with Gasteiger partial charge in [-0.2, -0.15) is 0 Å². The molecule has 1 aromatic carbocycles. The van der Waals surface area contributed by atoms with Gasteiger partial charge in [-0.15, -0.1) is 0 Å². The lowest BCUT2D eigenvalue weighted by atomic mass is 9.89. The number of rotatable bonds is 6. The summed E-state index contributed by atoms with van der Waals surface area (Å²) in [7, 11) is 1.69. The Morgan fingerprint density at radius 1 is 1.50 bits per heavy atom. The second-order valence-corrected chi connectivity index (χ2v) is 5.97. The Bertz CT molecular complexity index is 430. The number of hydrogen-bond donors (Lipinski definition) is 1. The highest BCUT2D eigenvalue weighted by Crippen LogP contribution is 2.35. The molecule has 1 aromatic rings. The third-order valence-electron chi connectivity index (χ3n) is 3.60. The van der Waals surface area contributed by atoms with E-state index in [1.165, 1.54) is 6.07 Å². The molecule has 0 radical (unpaired) electrons. The van der Waals surface area contributed by atoms with Gasteiger partial charge in [0.25, 0.3) is 0 Å². The molecule has 0 saturated carbocycles. The molecule has 1 aliphatic rings. The maximum atomic E-state index is 14.1. The fraction of sp³-hybridized carbons (Fsp3) is 0.600. The van der Waals surface area contributed by atoms with E-state index in [4.69, 9.17) is 9.47 Å². The van der Waals surface area contributed by atoms with Crippen LogP contribution in [-0.2, 0) is 9.47 Å². The van der Waals surface area contributed by atoms with Crippen molar-refractivity contribution in [3.05, 3.63) is 34.1 Å². The first kappa shape index (κ1) is 15.9. The van der Waals surface area contributed by atoms with Crippen LogP contribution >= 0.6 is 15.9 Å². The van der Waals surface area contributed by atoms with Crippen LogP contribution in [0.4, 0.5) is 4.39 Å². The Labute approximate surface area is 128 Å². The molecule has 0 aliphatic carbocycles. The van der Waals surface area contributed by atoms with Crippen LogP contribution in [0.1, 0.15) is 24.5 Å². The predicted molar refractivity (Wildman–Crippen MR) is 80.3 cm³/mol. The Kier molecular flexibility index (Phi) is 6.42. The number of hydrogen-bond acceptors (Lipinski definition) is 3. The zero-order valence-electron chi connectivity index (χ0n) is 11.7. The van der Waals surface area contributed by atoms with Gasteiger partial charge in [0.1, 0.15) is 5.82 Å². The summed E-state index contributed by atoms with van der Waals surface area (Å²) in [5.41, 5.74) is 0.659. The summed E-state index contributed by atoms with van der Waals surface area (Å²) in [6.45, 7) is 3.02. The molecule has 0 bridgehead atoms. The lowest BCUT2D eigenvalue weighted by molar-refractivity contribution is -0.0299. The number of benzene rings is 1. The summed E-state index contributed by atoms with van der Waals surface area (Å²) in [6.07, 6.45) is 1.93. The minimum Gasteiger partial charge on any atom is -0.383 e. The van der Waals surface area contributed by atoms with Gasteiger partial charge in [0.15, 0.2) is 0 Å². The molecule has 1 saturated heterocycles. The van der Waals surface area contributed by atoms with Crippen molar-refractivity contribution in [1.29, 1.82) is 0 Å². The van der Waals surface area contributed by atoms with Gasteiger partial charge in [-0.3, -0.25) is 0 Å². The molecule has 5 heteroatoms. The van der Waals surface area contributed by atoms with Crippen molar-refractivity contribution in [2.75, 3.05) is 33.4 Å². The molecule has 1 aliphatic heterocycles. The molecule has 1 fully saturated rings. The van der Waals surface area contributed by atoms with Gasteiger partial charge in [-0.1, -0.05) is 22.0 Å². The largest absolute Gasteiger partial charge is 0.383 e. The number of nitrogens with one attached hydrogen (secondary N) is 1. The minimum atomic E-state index is -0.201. The summed E-state index contributed by atoms with van der Waals surface area (Å²) >= 11 is 3.29. The summed E-state index contributed by atoms with van der Waals surface area (Å²) in [5.74, 6) is 0.101. The first-order chi connectivity index (χ1) is 9.72. The van der Waals surface area contributed by atoms with E-state index >= 15 is 0 Å². The second-order valence-electron chi connectivity index (χ2n) is 5.06. The molecular formula is C15H21BrFNO2. The average Bonchev–Trinajstić information content (AvgIpc) is 2.44. The van der Waals surface area contributed by atoms with Crippen molar-refractivity contribution in [3.8, 4) is 0 Å². The molecule has 2 rings (SSSR count). The number of methoxy groups -OCH3 is 1. The topological polar surface area (TPSA) is 30.5 Å². The number of ether oxygens (including phenoxy) is 2. The van der Waals surface area contributed by atoms with Gasteiger partial charge in [0.05, 0.1) is 12.7 Å². The summed E-state index contributed by atoms with van der Waals surface area (Å²) in [6, 6.07) is 5.19. The van der Waals surface area contributed by atoms with Crippen molar-refractivity contribution in [2.45, 2.75) is 18.9 Å². The minimum absolute atomic E-state index is 0.160. The predicted octanol–water partition coefficient (Wildman–Crippen LogP) is 3.29. The highest BCUT2D eigenvalue weighted by atomic mass is 79.9. The van der Waals surface area contributed by atoms with E-state index in [-0.39, 0.29) is 11.9 Å². The fourth-order valence-electron chi connectivity index (χ4n) is 2.59. The van der Waals surface area contributed by atoms with Gasteiger partial charge in [0, 0.05) is 42.8 Å². The van der Waals surface area contributed by atoms with Crippen LogP contribution in [0.5, 0.6) is 0 Å². The smallest absolute Gasteiger partial charge is 0.130 e. The van der Waals surface area contributed by atoms with E-state index in [2.05, 4.69) is 21.2 Å². The van der Waals surface area contributed by atoms with Crippen molar-refractivity contribution >= 4 is 15.9 Å². The first-order valence-electron chi connectivity index (χ1n) is 6.98. The van der Waals surface area contributed by atoms with Crippen LogP contribution in [-0.4, -0.2) is 33.4 Å². The molecule has 1 heterocycles. The lowest BCUT2D eigenvalue weighted by Crippen LogP contribution is -2.33. The van der Waals surface area contributed by atoms with Crippen molar-refractivity contribution in [2.24, 2.45) is 5.92 Å². The molecule has 2 unspecified atom stereocenters. The standard InChI is InChI=1S/C15H21BrFNO2/c1-19-8-6-18-10-11-3-2-7-20-15(11)13-5-4-12(16)9-14(13)17/h4-5,9,11,15,18H,2-3,6-8,10H2,1H3. The molecule has 20 heavy (non-hydrogen) atoms. The van der Waals surface area contributed by atoms with E-state index < -0.39 is 0 Å². The Hall–Kier alpha value is -0.490. The maximum Gasteiger partial charge on any atom is 0.130 e. The highest BCUT2D eigenvalue weighted by Gasteiger charge is 2.29. The van der Waals surface area contributed by atoms with Gasteiger partial charge in [-0.25, -0.2) is 4.39 Å². The van der Waals surface area contributed by atoms with Crippen LogP contribution in [0, 0.1) is 11.7 Å². The van der Waals surface area contributed by atoms with Gasteiger partial charge in [-0.05, 0) is 25.0 Å². The quantitative estimate of drug-likeness (QED) is 0.802. The average molecular weight is 346 g/mol. The van der Waals surface area contributed by atoms with Gasteiger partial charge >= 0.3 is 0 Å². The molecular weight excluding hydrogens is 325 g/mol. The molecule has 3 nitrogen and oxygen atoms in total. The van der Waals surface area contributed by atoms with E-state index in [0.717, 1.165) is 30.4 Å². The number of halogens is 2. The van der Waals surface area contributed by atoms with E-state index in [1.807, 2.05) is 12.1 Å². The SMILES string of the molecule is COCCNCC1CCCOC1c1ccc(Br)cc1F. The zero-order valence-corrected chi connectivity index (χ0v) is 13.3. The van der Waals surface area contributed by atoms with E-state index in [0.29, 0.717) is 24.7 Å². The third-order valence-corrected chi connectivity index (χ3v) is 4.10. The zero-order chi connectivity index (χ0) is 14.4. The van der Waals surface area contributed by atoms with E-state index in [1.54, 1.807) is 7.11 Å². The Morgan fingerprint density at radius 2 is 2.35 bits per heavy atom. The molecule has 0 spiro atoms. The molecule has 0 aromatic heterocycles. The Morgan fingerprint density at radius 3 is 3.10 bits per heavy atom. The summed E-state index contributed by atoms with van der Waals surface area (Å²) in [4.78, 5) is 0. The second kappa shape index (κ2) is 8.08. The first-order valence-corrected chi connectivity index (χ1v) is 7.78. The molecule has 1 N–H and O–H groups in total. The van der Waals surface area contributed by atoms with Crippen molar-refractivity contribution in [1.82, 2.24) is 5.32 Å². The third kappa shape index (κ3) is 4.25. The van der Waals surface area contributed by atoms with Crippen LogP contribution in [0.15, 0.2) is 22.7 Å². The maximum absolute atomic E-state index is 14.1. The molecule has 0 amide bonds. The highest BCUT2D eigenvalue weighted by molar-refractivity contribution is 9.10. The summed E-state index contributed by atoms with van der Waals surface area (Å²) < 4.78 is 25.7. The van der Waals surface area contributed by atoms with Gasteiger partial charge in [0.2, 0.25) is 0 Å². The van der Waals surface area contributed by atoms with E-state index in [9.17, 15) is 4.39 Å². The van der Waals surface area contributed by atoms with Gasteiger partial charge < -0.3 is 14.8 Å². The molecule has 112 valence electrons. The lowest BCUT2D eigenvalue weighted by Gasteiger charge is -2.32. The van der Waals surface area contributed by atoms with Crippen LogP contribution in [0.2, 0.25) is 0 Å². The normalized spacial score (nSPS) is 22.9. The Balaban J connectivity index is 2.02. The summed E-state index contributed by atoms with van der Waals surface area (Å²) in [5, 5.41) is 3.35. The van der Waals surface area contributed by atoms with Crippen molar-refractivity contribution in [3.63, 3.8) is 0 Å².